The summed E-state index contributed by atoms with van der Waals surface area (Å²) in [5, 5.41) is 7.70. The normalized spacial score (nSPS) is 11.5. The van der Waals surface area contributed by atoms with Crippen LogP contribution >= 0.6 is 23.2 Å². The van der Waals surface area contributed by atoms with E-state index in [2.05, 4.69) is 15.2 Å². The van der Waals surface area contributed by atoms with E-state index in [0.717, 1.165) is 11.1 Å². The highest BCUT2D eigenvalue weighted by molar-refractivity contribution is 6.45. The zero-order chi connectivity index (χ0) is 15.0. The van der Waals surface area contributed by atoms with Crippen LogP contribution in [0.4, 0.5) is 8.78 Å². The Balaban J connectivity index is 2.20. The number of aromatic nitrogens is 3. The minimum Gasteiger partial charge on any atom is -0.487 e. The van der Waals surface area contributed by atoms with Gasteiger partial charge in [-0.1, -0.05) is 23.2 Å². The third kappa shape index (κ3) is 2.56. The van der Waals surface area contributed by atoms with Gasteiger partial charge in [-0.3, -0.25) is 5.10 Å². The first kappa shape index (κ1) is 14.2. The summed E-state index contributed by atoms with van der Waals surface area (Å²) in [6.07, 6.45) is 2.42. The first-order valence-corrected chi connectivity index (χ1v) is 6.72. The summed E-state index contributed by atoms with van der Waals surface area (Å²) in [5.74, 6) is 0.247. The van der Waals surface area contributed by atoms with Crippen LogP contribution in [0.1, 0.15) is 0 Å². The number of fused-ring (bicyclic) bond motifs is 1. The number of hydrogen-bond acceptors (Lipinski definition) is 2. The van der Waals surface area contributed by atoms with Crippen molar-refractivity contribution in [3.8, 4) is 16.9 Å². The van der Waals surface area contributed by atoms with E-state index in [1.165, 1.54) is 6.07 Å². The number of halogens is 4. The summed E-state index contributed by atoms with van der Waals surface area (Å²) in [5.41, 5.74) is 2.05. The van der Waals surface area contributed by atoms with E-state index in [4.69, 9.17) is 27.9 Å². The van der Waals surface area contributed by atoms with Crippen LogP contribution in [0.2, 0.25) is 10.0 Å². The summed E-state index contributed by atoms with van der Waals surface area (Å²) >= 11 is 12.1. The van der Waals surface area contributed by atoms with E-state index in [9.17, 15) is 8.78 Å². The lowest BCUT2D eigenvalue weighted by atomic mass is 10.1. The molecule has 4 nitrogen and oxygen atoms in total. The Morgan fingerprint density at radius 1 is 1.29 bits per heavy atom. The Hall–Kier alpha value is -1.79. The Labute approximate surface area is 128 Å². The molecule has 0 spiro atoms. The van der Waals surface area contributed by atoms with Crippen molar-refractivity contribution < 1.29 is 13.5 Å². The summed E-state index contributed by atoms with van der Waals surface area (Å²) in [4.78, 5) is 2.99. The first-order valence-electron chi connectivity index (χ1n) is 5.97. The zero-order valence-electron chi connectivity index (χ0n) is 10.5. The van der Waals surface area contributed by atoms with Crippen molar-refractivity contribution >= 4 is 34.1 Å². The standard InChI is InChI=1S/C13H9Cl2F2N3O/c14-8-1-9(21-5-10(16)17)11-7(6-2-19-20-3-6)4-18-13(11)12(8)15/h1-4,10,18H,5H2,(H,19,20). The van der Waals surface area contributed by atoms with Gasteiger partial charge in [-0.2, -0.15) is 5.10 Å². The van der Waals surface area contributed by atoms with Gasteiger partial charge in [0.05, 0.1) is 27.1 Å². The maximum absolute atomic E-state index is 12.4. The largest absolute Gasteiger partial charge is 0.487 e. The van der Waals surface area contributed by atoms with Crippen molar-refractivity contribution in [2.45, 2.75) is 6.43 Å². The van der Waals surface area contributed by atoms with E-state index in [1.54, 1.807) is 18.6 Å². The minimum atomic E-state index is -2.58. The summed E-state index contributed by atoms with van der Waals surface area (Å²) in [7, 11) is 0. The maximum Gasteiger partial charge on any atom is 0.272 e. The molecule has 2 aromatic heterocycles. The molecule has 0 atom stereocenters. The van der Waals surface area contributed by atoms with Gasteiger partial charge in [-0.05, 0) is 0 Å². The summed E-state index contributed by atoms with van der Waals surface area (Å²) in [6.45, 7) is -0.719. The second-order valence-electron chi connectivity index (χ2n) is 4.31. The minimum absolute atomic E-state index is 0.231. The predicted octanol–water partition coefficient (Wildman–Crippen LogP) is 4.51. The fourth-order valence-corrected chi connectivity index (χ4v) is 2.51. The van der Waals surface area contributed by atoms with E-state index >= 15 is 0 Å². The number of nitrogens with zero attached hydrogens (tertiary/aromatic N) is 1. The van der Waals surface area contributed by atoms with Crippen molar-refractivity contribution in [1.29, 1.82) is 0 Å². The average molecular weight is 332 g/mol. The van der Waals surface area contributed by atoms with Crippen LogP contribution in [0, 0.1) is 0 Å². The molecule has 2 N–H and O–H groups in total. The quantitative estimate of drug-likeness (QED) is 0.739. The molecule has 0 aliphatic heterocycles. The van der Waals surface area contributed by atoms with Crippen molar-refractivity contribution in [3.63, 3.8) is 0 Å². The molecule has 3 aromatic rings. The second kappa shape index (κ2) is 5.54. The van der Waals surface area contributed by atoms with Gasteiger partial charge in [0.25, 0.3) is 6.43 Å². The van der Waals surface area contributed by atoms with Crippen LogP contribution in [-0.4, -0.2) is 28.2 Å². The number of ether oxygens (including phenoxy) is 1. The van der Waals surface area contributed by atoms with Gasteiger partial charge in [0.1, 0.15) is 12.4 Å². The van der Waals surface area contributed by atoms with Gasteiger partial charge in [0.15, 0.2) is 0 Å². The highest BCUT2D eigenvalue weighted by atomic mass is 35.5. The Morgan fingerprint density at radius 3 is 2.76 bits per heavy atom. The molecule has 0 unspecified atom stereocenters. The second-order valence-corrected chi connectivity index (χ2v) is 5.10. The molecule has 0 aliphatic rings. The van der Waals surface area contributed by atoms with E-state index in [0.29, 0.717) is 15.9 Å². The number of alkyl halides is 2. The number of aromatic amines is 2. The molecule has 0 saturated carbocycles. The Kier molecular flexibility index (Phi) is 3.73. The molecular weight excluding hydrogens is 323 g/mol. The Bertz CT molecular complexity index is 771. The number of rotatable bonds is 4. The van der Waals surface area contributed by atoms with Gasteiger partial charge >= 0.3 is 0 Å². The fourth-order valence-electron chi connectivity index (χ4n) is 2.11. The van der Waals surface area contributed by atoms with Gasteiger partial charge in [-0.15, -0.1) is 0 Å². The molecule has 3 rings (SSSR count). The van der Waals surface area contributed by atoms with E-state index < -0.39 is 13.0 Å². The SMILES string of the molecule is FC(F)COc1cc(Cl)c(Cl)c2[nH]cc(-c3cn[nH]c3)c12. The first-order chi connectivity index (χ1) is 10.1. The molecule has 2 heterocycles. The third-order valence-electron chi connectivity index (χ3n) is 2.99. The molecule has 0 radical (unpaired) electrons. The summed E-state index contributed by atoms with van der Waals surface area (Å²) < 4.78 is 30.0. The molecule has 8 heteroatoms. The number of nitrogens with one attached hydrogen (secondary N) is 2. The van der Waals surface area contributed by atoms with Crippen LogP contribution < -0.4 is 4.74 Å². The molecule has 0 fully saturated rings. The van der Waals surface area contributed by atoms with E-state index in [1.807, 2.05) is 0 Å². The van der Waals surface area contributed by atoms with Crippen molar-refractivity contribution in [2.24, 2.45) is 0 Å². The van der Waals surface area contributed by atoms with Crippen LogP contribution in [-0.2, 0) is 0 Å². The summed E-state index contributed by atoms with van der Waals surface area (Å²) in [6, 6.07) is 1.44. The van der Waals surface area contributed by atoms with Crippen LogP contribution in [0.25, 0.3) is 22.0 Å². The lowest BCUT2D eigenvalue weighted by Crippen LogP contribution is -2.07. The van der Waals surface area contributed by atoms with Gasteiger partial charge in [0.2, 0.25) is 0 Å². The molecule has 0 aliphatic carbocycles. The molecule has 21 heavy (non-hydrogen) atoms. The number of H-pyrrole nitrogens is 2. The zero-order valence-corrected chi connectivity index (χ0v) is 12.0. The lowest BCUT2D eigenvalue weighted by molar-refractivity contribution is 0.0827. The van der Waals surface area contributed by atoms with Crippen LogP contribution in [0.3, 0.4) is 0 Å². The molecule has 0 saturated heterocycles. The van der Waals surface area contributed by atoms with Crippen molar-refractivity contribution in [3.05, 3.63) is 34.7 Å². The highest BCUT2D eigenvalue weighted by Gasteiger charge is 2.18. The average Bonchev–Trinajstić information content (AvgIpc) is 3.09. The molecule has 0 bridgehead atoms. The van der Waals surface area contributed by atoms with E-state index in [-0.39, 0.29) is 10.8 Å². The highest BCUT2D eigenvalue weighted by Crippen LogP contribution is 2.42. The van der Waals surface area contributed by atoms with Crippen molar-refractivity contribution in [2.75, 3.05) is 6.61 Å². The molecular formula is C13H9Cl2F2N3O. The number of hydrogen-bond donors (Lipinski definition) is 2. The topological polar surface area (TPSA) is 53.7 Å². The molecule has 0 amide bonds. The molecule has 110 valence electrons. The molecule has 1 aromatic carbocycles. The number of benzene rings is 1. The fraction of sp³-hybridized carbons (Fsp3) is 0.154. The van der Waals surface area contributed by atoms with Gasteiger partial charge < -0.3 is 9.72 Å². The van der Waals surface area contributed by atoms with Gasteiger partial charge in [0, 0.05) is 29.6 Å². The predicted molar refractivity (Wildman–Crippen MR) is 77.4 cm³/mol. The third-order valence-corrected chi connectivity index (χ3v) is 3.78. The smallest absolute Gasteiger partial charge is 0.272 e. The van der Waals surface area contributed by atoms with Crippen LogP contribution in [0.15, 0.2) is 24.7 Å². The monoisotopic (exact) mass is 331 g/mol. The van der Waals surface area contributed by atoms with Crippen LogP contribution in [0.5, 0.6) is 5.75 Å². The Morgan fingerprint density at radius 2 is 2.10 bits per heavy atom. The van der Waals surface area contributed by atoms with Crippen molar-refractivity contribution in [1.82, 2.24) is 15.2 Å². The maximum atomic E-state index is 12.4. The lowest BCUT2D eigenvalue weighted by Gasteiger charge is -2.10. The van der Waals surface area contributed by atoms with Gasteiger partial charge in [-0.25, -0.2) is 8.78 Å².